The van der Waals surface area contributed by atoms with Gasteiger partial charge in [0.1, 0.15) is 0 Å². The van der Waals surface area contributed by atoms with Crippen molar-refractivity contribution in [2.24, 2.45) is 5.92 Å². The number of pyridine rings is 1. The predicted molar refractivity (Wildman–Crippen MR) is 97.5 cm³/mol. The second kappa shape index (κ2) is 7.98. The fourth-order valence-corrected chi connectivity index (χ4v) is 4.14. The Morgan fingerprint density at radius 2 is 1.84 bits per heavy atom. The SMILES string of the molecule is CCNC(=O)c1ccc(C)nc1C1CCN(C(=O)C2CCCC2)CC1. The quantitative estimate of drug-likeness (QED) is 0.914. The van der Waals surface area contributed by atoms with Crippen LogP contribution in [-0.2, 0) is 4.79 Å². The number of hydrogen-bond acceptors (Lipinski definition) is 3. The third kappa shape index (κ3) is 4.02. The summed E-state index contributed by atoms with van der Waals surface area (Å²) in [4.78, 5) is 31.7. The molecule has 136 valence electrons. The fourth-order valence-electron chi connectivity index (χ4n) is 4.14. The average molecular weight is 343 g/mol. The highest BCUT2D eigenvalue weighted by atomic mass is 16.2. The highest BCUT2D eigenvalue weighted by molar-refractivity contribution is 5.95. The van der Waals surface area contributed by atoms with Crippen molar-refractivity contribution in [1.29, 1.82) is 0 Å². The van der Waals surface area contributed by atoms with Gasteiger partial charge in [0.15, 0.2) is 0 Å². The molecule has 2 fully saturated rings. The van der Waals surface area contributed by atoms with Crippen molar-refractivity contribution >= 4 is 11.8 Å². The van der Waals surface area contributed by atoms with Gasteiger partial charge in [-0.05, 0) is 51.7 Å². The van der Waals surface area contributed by atoms with E-state index < -0.39 is 0 Å². The first-order valence-corrected chi connectivity index (χ1v) is 9.64. The zero-order valence-electron chi connectivity index (χ0n) is 15.4. The van der Waals surface area contributed by atoms with E-state index in [1.54, 1.807) is 0 Å². The summed E-state index contributed by atoms with van der Waals surface area (Å²) >= 11 is 0. The molecule has 1 aliphatic heterocycles. The number of piperidine rings is 1. The number of carbonyl (C=O) groups excluding carboxylic acids is 2. The Labute approximate surface area is 150 Å². The molecule has 0 radical (unpaired) electrons. The molecule has 0 atom stereocenters. The predicted octanol–water partition coefficient (Wildman–Crippen LogP) is 3.04. The lowest BCUT2D eigenvalue weighted by Crippen LogP contribution is -2.41. The molecular formula is C20H29N3O2. The third-order valence-corrected chi connectivity index (χ3v) is 5.54. The Morgan fingerprint density at radius 3 is 2.48 bits per heavy atom. The fraction of sp³-hybridized carbons (Fsp3) is 0.650. The van der Waals surface area contributed by atoms with Crippen LogP contribution in [-0.4, -0.2) is 41.3 Å². The molecule has 0 spiro atoms. The molecule has 5 heteroatoms. The molecule has 2 amide bonds. The third-order valence-electron chi connectivity index (χ3n) is 5.54. The van der Waals surface area contributed by atoms with Crippen molar-refractivity contribution in [3.63, 3.8) is 0 Å². The molecule has 1 aromatic heterocycles. The van der Waals surface area contributed by atoms with Crippen LogP contribution >= 0.6 is 0 Å². The van der Waals surface area contributed by atoms with E-state index in [9.17, 15) is 9.59 Å². The molecular weight excluding hydrogens is 314 g/mol. The van der Waals surface area contributed by atoms with Crippen LogP contribution in [0.3, 0.4) is 0 Å². The Hall–Kier alpha value is -1.91. The van der Waals surface area contributed by atoms with E-state index in [1.165, 1.54) is 12.8 Å². The largest absolute Gasteiger partial charge is 0.352 e. The van der Waals surface area contributed by atoms with Gasteiger partial charge in [-0.2, -0.15) is 0 Å². The monoisotopic (exact) mass is 343 g/mol. The van der Waals surface area contributed by atoms with E-state index in [1.807, 2.05) is 30.9 Å². The number of amides is 2. The Bertz CT molecular complexity index is 630. The molecule has 2 heterocycles. The van der Waals surface area contributed by atoms with Crippen molar-refractivity contribution in [1.82, 2.24) is 15.2 Å². The maximum atomic E-state index is 12.6. The summed E-state index contributed by atoms with van der Waals surface area (Å²) in [6.45, 7) is 6.06. The van der Waals surface area contributed by atoms with Crippen LogP contribution in [0.25, 0.3) is 0 Å². The Balaban J connectivity index is 1.69. The van der Waals surface area contributed by atoms with Crippen molar-refractivity contribution in [3.8, 4) is 0 Å². The zero-order chi connectivity index (χ0) is 17.8. The minimum atomic E-state index is -0.0468. The summed E-state index contributed by atoms with van der Waals surface area (Å²) in [5.74, 6) is 0.802. The normalized spacial score (nSPS) is 19.2. The molecule has 0 unspecified atom stereocenters. The number of aryl methyl sites for hydroxylation is 1. The minimum Gasteiger partial charge on any atom is -0.352 e. The number of nitrogens with one attached hydrogen (secondary N) is 1. The molecule has 5 nitrogen and oxygen atoms in total. The van der Waals surface area contributed by atoms with Crippen molar-refractivity contribution in [2.75, 3.05) is 19.6 Å². The van der Waals surface area contributed by atoms with Crippen molar-refractivity contribution in [3.05, 3.63) is 29.1 Å². The number of likely N-dealkylation sites (tertiary alicyclic amines) is 1. The van der Waals surface area contributed by atoms with Gasteiger partial charge in [-0.3, -0.25) is 14.6 Å². The van der Waals surface area contributed by atoms with E-state index in [-0.39, 0.29) is 17.7 Å². The van der Waals surface area contributed by atoms with Crippen LogP contribution in [0, 0.1) is 12.8 Å². The lowest BCUT2D eigenvalue weighted by molar-refractivity contribution is -0.136. The van der Waals surface area contributed by atoms with Gasteiger partial charge in [-0.25, -0.2) is 0 Å². The topological polar surface area (TPSA) is 62.3 Å². The maximum absolute atomic E-state index is 12.6. The summed E-state index contributed by atoms with van der Waals surface area (Å²) in [5, 5.41) is 2.88. The molecule has 0 aromatic carbocycles. The van der Waals surface area contributed by atoms with Gasteiger partial charge in [-0.1, -0.05) is 12.8 Å². The van der Waals surface area contributed by atoms with Crippen LogP contribution in [0.15, 0.2) is 12.1 Å². The van der Waals surface area contributed by atoms with E-state index in [0.717, 1.165) is 50.2 Å². The molecule has 1 aromatic rings. The maximum Gasteiger partial charge on any atom is 0.253 e. The highest BCUT2D eigenvalue weighted by Crippen LogP contribution is 2.32. The lowest BCUT2D eigenvalue weighted by Gasteiger charge is -2.34. The molecule has 1 N–H and O–H groups in total. The minimum absolute atomic E-state index is 0.0468. The van der Waals surface area contributed by atoms with Gasteiger partial charge in [0, 0.05) is 37.2 Å². The van der Waals surface area contributed by atoms with Crippen LogP contribution in [0.5, 0.6) is 0 Å². The molecule has 1 saturated heterocycles. The lowest BCUT2D eigenvalue weighted by atomic mass is 9.89. The van der Waals surface area contributed by atoms with E-state index >= 15 is 0 Å². The standard InChI is InChI=1S/C20H29N3O2/c1-3-21-19(24)17-9-8-14(2)22-18(17)15-10-12-23(13-11-15)20(25)16-6-4-5-7-16/h8-9,15-16H,3-7,10-13H2,1-2H3,(H,21,24). The summed E-state index contributed by atoms with van der Waals surface area (Å²) in [6.07, 6.45) is 6.27. The second-order valence-electron chi connectivity index (χ2n) is 7.33. The number of nitrogens with zero attached hydrogens (tertiary/aromatic N) is 2. The number of carbonyl (C=O) groups is 2. The molecule has 1 aliphatic carbocycles. The van der Waals surface area contributed by atoms with Crippen molar-refractivity contribution in [2.45, 2.75) is 58.3 Å². The van der Waals surface area contributed by atoms with E-state index in [2.05, 4.69) is 10.3 Å². The number of rotatable bonds is 4. The van der Waals surface area contributed by atoms with Gasteiger partial charge < -0.3 is 10.2 Å². The summed E-state index contributed by atoms with van der Waals surface area (Å²) < 4.78 is 0. The molecule has 1 saturated carbocycles. The highest BCUT2D eigenvalue weighted by Gasteiger charge is 2.31. The Kier molecular flexibility index (Phi) is 5.71. The summed E-state index contributed by atoms with van der Waals surface area (Å²) in [6, 6.07) is 3.78. The van der Waals surface area contributed by atoms with Gasteiger partial charge in [0.25, 0.3) is 5.91 Å². The van der Waals surface area contributed by atoms with Crippen LogP contribution < -0.4 is 5.32 Å². The van der Waals surface area contributed by atoms with Gasteiger partial charge in [0.2, 0.25) is 5.91 Å². The molecule has 3 rings (SSSR count). The van der Waals surface area contributed by atoms with Crippen LogP contribution in [0.2, 0.25) is 0 Å². The van der Waals surface area contributed by atoms with Crippen LogP contribution in [0.4, 0.5) is 0 Å². The first-order chi connectivity index (χ1) is 12.1. The van der Waals surface area contributed by atoms with E-state index in [0.29, 0.717) is 18.0 Å². The smallest absolute Gasteiger partial charge is 0.253 e. The first-order valence-electron chi connectivity index (χ1n) is 9.64. The summed E-state index contributed by atoms with van der Waals surface area (Å²) in [7, 11) is 0. The van der Waals surface area contributed by atoms with Crippen LogP contribution in [0.1, 0.15) is 73.1 Å². The van der Waals surface area contributed by atoms with E-state index in [4.69, 9.17) is 0 Å². The first kappa shape index (κ1) is 17.9. The van der Waals surface area contributed by atoms with Crippen molar-refractivity contribution < 1.29 is 9.59 Å². The van der Waals surface area contributed by atoms with Gasteiger partial charge in [0.05, 0.1) is 11.3 Å². The Morgan fingerprint density at radius 1 is 1.16 bits per heavy atom. The zero-order valence-corrected chi connectivity index (χ0v) is 15.4. The molecule has 25 heavy (non-hydrogen) atoms. The summed E-state index contributed by atoms with van der Waals surface area (Å²) in [5.41, 5.74) is 2.53. The number of hydrogen-bond donors (Lipinski definition) is 1. The molecule has 0 bridgehead atoms. The molecule has 2 aliphatic rings. The second-order valence-corrected chi connectivity index (χ2v) is 7.33. The average Bonchev–Trinajstić information content (AvgIpc) is 3.16. The van der Waals surface area contributed by atoms with Gasteiger partial charge >= 0.3 is 0 Å². The number of aromatic nitrogens is 1. The van der Waals surface area contributed by atoms with Gasteiger partial charge in [-0.15, -0.1) is 0 Å².